The predicted octanol–water partition coefficient (Wildman–Crippen LogP) is 2.24. The van der Waals surface area contributed by atoms with Crippen LogP contribution >= 0.6 is 0 Å². The van der Waals surface area contributed by atoms with E-state index in [1.165, 1.54) is 12.1 Å². The molecule has 0 aliphatic carbocycles. The van der Waals surface area contributed by atoms with Gasteiger partial charge in [0.1, 0.15) is 10.7 Å². The zero-order valence-electron chi connectivity index (χ0n) is 11.6. The van der Waals surface area contributed by atoms with Gasteiger partial charge in [0.05, 0.1) is 5.69 Å². The minimum absolute atomic E-state index is 0.0432. The summed E-state index contributed by atoms with van der Waals surface area (Å²) in [4.78, 5) is 0.0432. The fourth-order valence-corrected chi connectivity index (χ4v) is 3.15. The monoisotopic (exact) mass is 308 g/mol. The number of rotatable bonds is 5. The van der Waals surface area contributed by atoms with Crippen molar-refractivity contribution in [3.05, 3.63) is 59.4 Å². The van der Waals surface area contributed by atoms with Gasteiger partial charge in [0.15, 0.2) is 0 Å². The van der Waals surface area contributed by atoms with Crippen LogP contribution in [0.2, 0.25) is 0 Å². The second-order valence-electron chi connectivity index (χ2n) is 4.78. The lowest BCUT2D eigenvalue weighted by Gasteiger charge is -2.10. The van der Waals surface area contributed by atoms with Gasteiger partial charge in [0.25, 0.3) is 0 Å². The molecule has 2 rings (SSSR count). The van der Waals surface area contributed by atoms with E-state index in [-0.39, 0.29) is 29.4 Å². The summed E-state index contributed by atoms with van der Waals surface area (Å²) >= 11 is 0. The molecule has 0 fully saturated rings. The average molecular weight is 308 g/mol. The number of halogens is 1. The number of sulfonamides is 1. The van der Waals surface area contributed by atoms with Crippen molar-refractivity contribution in [1.82, 2.24) is 4.72 Å². The number of aryl methyl sites for hydroxylation is 1. The maximum Gasteiger partial charge on any atom is 0.242 e. The highest BCUT2D eigenvalue weighted by molar-refractivity contribution is 7.89. The van der Waals surface area contributed by atoms with Crippen molar-refractivity contribution in [2.24, 2.45) is 0 Å². The lowest BCUT2D eigenvalue weighted by Crippen LogP contribution is -2.27. The van der Waals surface area contributed by atoms with E-state index in [4.69, 9.17) is 5.73 Å². The Hall–Kier alpha value is -1.92. The molecule has 0 atom stereocenters. The Morgan fingerprint density at radius 3 is 2.57 bits per heavy atom. The van der Waals surface area contributed by atoms with Gasteiger partial charge in [0, 0.05) is 6.54 Å². The highest BCUT2D eigenvalue weighted by atomic mass is 32.2. The van der Waals surface area contributed by atoms with Crippen molar-refractivity contribution >= 4 is 15.7 Å². The molecule has 0 aromatic heterocycles. The van der Waals surface area contributed by atoms with Crippen LogP contribution in [0.25, 0.3) is 0 Å². The lowest BCUT2D eigenvalue weighted by atomic mass is 10.1. The number of benzene rings is 2. The summed E-state index contributed by atoms with van der Waals surface area (Å²) in [5.74, 6) is -0.341. The molecule has 3 N–H and O–H groups in total. The van der Waals surface area contributed by atoms with Crippen molar-refractivity contribution in [2.75, 3.05) is 12.3 Å². The zero-order valence-corrected chi connectivity index (χ0v) is 12.5. The summed E-state index contributed by atoms with van der Waals surface area (Å²) in [6, 6.07) is 11.0. The number of anilines is 1. The molecule has 112 valence electrons. The molecule has 0 aliphatic heterocycles. The second-order valence-corrected chi connectivity index (χ2v) is 6.52. The Kier molecular flexibility index (Phi) is 4.59. The molecule has 0 unspecified atom stereocenters. The molecule has 0 amide bonds. The van der Waals surface area contributed by atoms with E-state index < -0.39 is 10.0 Å². The molecule has 2 aromatic carbocycles. The molecular weight excluding hydrogens is 291 g/mol. The lowest BCUT2D eigenvalue weighted by molar-refractivity contribution is 0.578. The number of hydrogen-bond acceptors (Lipinski definition) is 3. The highest BCUT2D eigenvalue weighted by Gasteiger charge is 2.16. The van der Waals surface area contributed by atoms with E-state index in [0.29, 0.717) is 5.56 Å². The van der Waals surface area contributed by atoms with Crippen molar-refractivity contribution in [2.45, 2.75) is 18.2 Å². The van der Waals surface area contributed by atoms with E-state index in [9.17, 15) is 12.8 Å². The number of nitrogens with one attached hydrogen (secondary N) is 1. The standard InChI is InChI=1S/C15H17FN2O2S/c1-11-6-7-15(14(17)10-11)21(19,20)18-9-8-12-4-2-3-5-13(12)16/h2-7,10,18H,8-9,17H2,1H3. The first-order chi connectivity index (χ1) is 9.90. The Morgan fingerprint density at radius 1 is 1.19 bits per heavy atom. The van der Waals surface area contributed by atoms with Crippen LogP contribution in [-0.4, -0.2) is 15.0 Å². The minimum atomic E-state index is -3.69. The Morgan fingerprint density at radius 2 is 1.90 bits per heavy atom. The molecule has 0 bridgehead atoms. The molecule has 0 saturated carbocycles. The van der Waals surface area contributed by atoms with Crippen LogP contribution in [0.5, 0.6) is 0 Å². The van der Waals surface area contributed by atoms with Gasteiger partial charge in [-0.2, -0.15) is 0 Å². The molecule has 0 aliphatic rings. The summed E-state index contributed by atoms with van der Waals surface area (Å²) in [7, 11) is -3.69. The molecule has 2 aromatic rings. The first-order valence-corrected chi connectivity index (χ1v) is 7.97. The van der Waals surface area contributed by atoms with Gasteiger partial charge in [-0.25, -0.2) is 17.5 Å². The third-order valence-electron chi connectivity index (χ3n) is 3.10. The first-order valence-electron chi connectivity index (χ1n) is 6.49. The molecule has 4 nitrogen and oxygen atoms in total. The van der Waals surface area contributed by atoms with Crippen LogP contribution in [-0.2, 0) is 16.4 Å². The van der Waals surface area contributed by atoms with Crippen LogP contribution in [0.4, 0.5) is 10.1 Å². The van der Waals surface area contributed by atoms with E-state index in [1.807, 2.05) is 6.92 Å². The maximum absolute atomic E-state index is 13.4. The van der Waals surface area contributed by atoms with E-state index in [1.54, 1.807) is 30.3 Å². The van der Waals surface area contributed by atoms with Crippen LogP contribution in [0.15, 0.2) is 47.4 Å². The van der Waals surface area contributed by atoms with Gasteiger partial charge in [-0.1, -0.05) is 24.3 Å². The number of hydrogen-bond donors (Lipinski definition) is 2. The summed E-state index contributed by atoms with van der Waals surface area (Å²) < 4.78 is 40.2. The van der Waals surface area contributed by atoms with Crippen molar-refractivity contribution in [3.63, 3.8) is 0 Å². The van der Waals surface area contributed by atoms with Crippen molar-refractivity contribution < 1.29 is 12.8 Å². The van der Waals surface area contributed by atoms with Gasteiger partial charge >= 0.3 is 0 Å². The first kappa shape index (κ1) is 15.5. The number of nitrogens with two attached hydrogens (primary N) is 1. The molecule has 0 saturated heterocycles. The van der Waals surface area contributed by atoms with E-state index in [0.717, 1.165) is 5.56 Å². The predicted molar refractivity (Wildman–Crippen MR) is 80.9 cm³/mol. The highest BCUT2D eigenvalue weighted by Crippen LogP contribution is 2.19. The van der Waals surface area contributed by atoms with Crippen molar-refractivity contribution in [1.29, 1.82) is 0 Å². The topological polar surface area (TPSA) is 72.2 Å². The quantitative estimate of drug-likeness (QED) is 0.832. The fourth-order valence-electron chi connectivity index (χ4n) is 2.01. The van der Waals surface area contributed by atoms with Gasteiger partial charge in [0.2, 0.25) is 10.0 Å². The summed E-state index contributed by atoms with van der Waals surface area (Å²) in [5, 5.41) is 0. The van der Waals surface area contributed by atoms with E-state index >= 15 is 0 Å². The average Bonchev–Trinajstić information content (AvgIpc) is 2.40. The van der Waals surface area contributed by atoms with Gasteiger partial charge < -0.3 is 5.73 Å². The molecule has 21 heavy (non-hydrogen) atoms. The van der Waals surface area contributed by atoms with Gasteiger partial charge in [-0.05, 0) is 42.7 Å². The smallest absolute Gasteiger partial charge is 0.242 e. The van der Waals surface area contributed by atoms with Gasteiger partial charge in [-0.15, -0.1) is 0 Å². The molecule has 0 heterocycles. The Labute approximate surface area is 123 Å². The fraction of sp³-hybridized carbons (Fsp3) is 0.200. The normalized spacial score (nSPS) is 11.5. The van der Waals surface area contributed by atoms with Crippen LogP contribution in [0, 0.1) is 12.7 Å². The summed E-state index contributed by atoms with van der Waals surface area (Å²) in [6.07, 6.45) is 0.275. The minimum Gasteiger partial charge on any atom is -0.398 e. The van der Waals surface area contributed by atoms with Crippen LogP contribution in [0.1, 0.15) is 11.1 Å². The SMILES string of the molecule is Cc1ccc(S(=O)(=O)NCCc2ccccc2F)c(N)c1. The second kappa shape index (κ2) is 6.24. The third-order valence-corrected chi connectivity index (χ3v) is 4.63. The van der Waals surface area contributed by atoms with Crippen molar-refractivity contribution in [3.8, 4) is 0 Å². The molecule has 0 spiro atoms. The van der Waals surface area contributed by atoms with Crippen LogP contribution < -0.4 is 10.5 Å². The summed E-state index contributed by atoms with van der Waals surface area (Å²) in [6.45, 7) is 1.94. The third kappa shape index (κ3) is 3.80. The van der Waals surface area contributed by atoms with E-state index in [2.05, 4.69) is 4.72 Å². The summed E-state index contributed by atoms with van der Waals surface area (Å²) in [5.41, 5.74) is 7.29. The molecular formula is C15H17FN2O2S. The maximum atomic E-state index is 13.4. The largest absolute Gasteiger partial charge is 0.398 e. The molecule has 0 radical (unpaired) electrons. The molecule has 6 heteroatoms. The Balaban J connectivity index is 2.07. The number of nitrogen functional groups attached to an aromatic ring is 1. The Bertz CT molecular complexity index is 745. The van der Waals surface area contributed by atoms with Crippen LogP contribution in [0.3, 0.4) is 0 Å². The van der Waals surface area contributed by atoms with Gasteiger partial charge in [-0.3, -0.25) is 0 Å². The zero-order chi connectivity index (χ0) is 15.5.